The highest BCUT2D eigenvalue weighted by Gasteiger charge is 2.25. The Morgan fingerprint density at radius 2 is 1.88 bits per heavy atom. The average molecular weight is 467 g/mol. The highest BCUT2D eigenvalue weighted by molar-refractivity contribution is 5.92. The molecule has 0 bridgehead atoms. The van der Waals surface area contributed by atoms with Gasteiger partial charge in [-0.25, -0.2) is 9.07 Å². The van der Waals surface area contributed by atoms with Gasteiger partial charge in [0.25, 0.3) is 5.91 Å². The van der Waals surface area contributed by atoms with Gasteiger partial charge in [-0.15, -0.1) is 0 Å². The molecule has 2 aromatic carbocycles. The van der Waals surface area contributed by atoms with E-state index in [0.29, 0.717) is 18.9 Å². The highest BCUT2D eigenvalue weighted by Crippen LogP contribution is 2.24. The molecular formula is C25H27FN4O4. The molecule has 1 aromatic heterocycles. The van der Waals surface area contributed by atoms with Gasteiger partial charge >= 0.3 is 0 Å². The van der Waals surface area contributed by atoms with Crippen molar-refractivity contribution in [3.05, 3.63) is 87.6 Å². The van der Waals surface area contributed by atoms with Crippen LogP contribution in [0.25, 0.3) is 5.69 Å². The summed E-state index contributed by atoms with van der Waals surface area (Å²) in [6, 6.07) is 14.9. The molecule has 4 rings (SSSR count). The predicted molar refractivity (Wildman–Crippen MR) is 125 cm³/mol. The normalized spacial score (nSPS) is 15.0. The number of carbonyl (C=O) groups excluding carboxylic acids is 1. The third-order valence-corrected chi connectivity index (χ3v) is 5.85. The Balaban J connectivity index is 1.58. The van der Waals surface area contributed by atoms with Crippen molar-refractivity contribution < 1.29 is 18.7 Å². The lowest BCUT2D eigenvalue weighted by atomic mass is 10.0. The van der Waals surface area contributed by atoms with Gasteiger partial charge < -0.3 is 14.8 Å². The van der Waals surface area contributed by atoms with E-state index in [4.69, 9.17) is 9.47 Å². The van der Waals surface area contributed by atoms with E-state index in [-0.39, 0.29) is 24.0 Å². The van der Waals surface area contributed by atoms with Gasteiger partial charge in [0.2, 0.25) is 5.43 Å². The second kappa shape index (κ2) is 10.6. The fourth-order valence-corrected chi connectivity index (χ4v) is 4.02. The van der Waals surface area contributed by atoms with Crippen molar-refractivity contribution in [2.45, 2.75) is 13.0 Å². The number of nitrogens with zero attached hydrogens (tertiary/aromatic N) is 3. The lowest BCUT2D eigenvalue weighted by Crippen LogP contribution is -2.44. The van der Waals surface area contributed by atoms with E-state index in [1.54, 1.807) is 32.2 Å². The number of nitrogens with one attached hydrogen (secondary N) is 1. The number of benzene rings is 2. The number of carbonyl (C=O) groups is 1. The van der Waals surface area contributed by atoms with Crippen molar-refractivity contribution in [3.63, 3.8) is 0 Å². The molecule has 1 aliphatic rings. The number of rotatable bonds is 7. The van der Waals surface area contributed by atoms with Crippen LogP contribution in [0.2, 0.25) is 0 Å². The van der Waals surface area contributed by atoms with Gasteiger partial charge in [0.15, 0.2) is 5.69 Å². The van der Waals surface area contributed by atoms with Crippen molar-refractivity contribution in [2.75, 3.05) is 40.0 Å². The van der Waals surface area contributed by atoms with E-state index in [1.165, 1.54) is 16.8 Å². The van der Waals surface area contributed by atoms with E-state index >= 15 is 0 Å². The molecule has 9 heteroatoms. The number of amides is 1. The zero-order chi connectivity index (χ0) is 24.1. The monoisotopic (exact) mass is 466 g/mol. The molecule has 178 valence electrons. The first kappa shape index (κ1) is 23.6. The molecule has 1 atom stereocenters. The third-order valence-electron chi connectivity index (χ3n) is 5.85. The van der Waals surface area contributed by atoms with E-state index in [9.17, 15) is 14.0 Å². The fraction of sp³-hybridized carbons (Fsp3) is 0.320. The van der Waals surface area contributed by atoms with E-state index < -0.39 is 17.2 Å². The molecule has 1 saturated heterocycles. The first-order valence-electron chi connectivity index (χ1n) is 11.1. The van der Waals surface area contributed by atoms with Crippen molar-refractivity contribution in [1.29, 1.82) is 0 Å². The van der Waals surface area contributed by atoms with Gasteiger partial charge in [-0.05, 0) is 36.8 Å². The predicted octanol–water partition coefficient (Wildman–Crippen LogP) is 2.49. The van der Waals surface area contributed by atoms with Crippen LogP contribution in [0.5, 0.6) is 5.75 Å². The van der Waals surface area contributed by atoms with Crippen LogP contribution >= 0.6 is 0 Å². The van der Waals surface area contributed by atoms with Crippen LogP contribution in [0, 0.1) is 12.7 Å². The Morgan fingerprint density at radius 3 is 2.56 bits per heavy atom. The van der Waals surface area contributed by atoms with Crippen LogP contribution in [0.4, 0.5) is 4.39 Å². The molecule has 3 aromatic rings. The lowest BCUT2D eigenvalue weighted by Gasteiger charge is -2.35. The largest absolute Gasteiger partial charge is 0.497 e. The number of methoxy groups -OCH3 is 1. The Kier molecular flexibility index (Phi) is 7.34. The van der Waals surface area contributed by atoms with Gasteiger partial charge in [0.05, 0.1) is 26.4 Å². The second-order valence-corrected chi connectivity index (χ2v) is 8.01. The summed E-state index contributed by atoms with van der Waals surface area (Å²) in [6.45, 7) is 4.55. The summed E-state index contributed by atoms with van der Waals surface area (Å²) in [7, 11) is 1.61. The molecule has 2 heterocycles. The molecule has 34 heavy (non-hydrogen) atoms. The first-order valence-corrected chi connectivity index (χ1v) is 11.1. The maximum Gasteiger partial charge on any atom is 0.275 e. The maximum atomic E-state index is 14.3. The van der Waals surface area contributed by atoms with Crippen LogP contribution in [0.15, 0.2) is 59.4 Å². The minimum absolute atomic E-state index is 0.127. The number of ether oxygens (including phenoxy) is 2. The molecule has 0 saturated carbocycles. The molecule has 1 aliphatic heterocycles. The summed E-state index contributed by atoms with van der Waals surface area (Å²) >= 11 is 0. The average Bonchev–Trinajstić information content (AvgIpc) is 2.86. The molecular weight excluding hydrogens is 439 g/mol. The van der Waals surface area contributed by atoms with Gasteiger partial charge in [-0.1, -0.05) is 24.3 Å². The van der Waals surface area contributed by atoms with Crippen LogP contribution in [0.1, 0.15) is 27.8 Å². The number of hydrogen-bond acceptors (Lipinski definition) is 6. The van der Waals surface area contributed by atoms with Gasteiger partial charge in [0.1, 0.15) is 17.3 Å². The summed E-state index contributed by atoms with van der Waals surface area (Å²) in [5.41, 5.74) is 0.789. The Morgan fingerprint density at radius 1 is 1.18 bits per heavy atom. The first-order chi connectivity index (χ1) is 16.5. The van der Waals surface area contributed by atoms with E-state index in [0.717, 1.165) is 24.4 Å². The highest BCUT2D eigenvalue weighted by atomic mass is 19.1. The minimum Gasteiger partial charge on any atom is -0.497 e. The Labute approximate surface area is 196 Å². The minimum atomic E-state index is -0.609. The second-order valence-electron chi connectivity index (χ2n) is 8.01. The van der Waals surface area contributed by atoms with E-state index in [1.807, 2.05) is 24.3 Å². The van der Waals surface area contributed by atoms with Crippen molar-refractivity contribution >= 4 is 5.91 Å². The number of halogens is 1. The molecule has 0 unspecified atom stereocenters. The molecule has 1 fully saturated rings. The Hall–Kier alpha value is -3.56. The fourth-order valence-electron chi connectivity index (χ4n) is 4.02. The summed E-state index contributed by atoms with van der Waals surface area (Å²) < 4.78 is 26.3. The number of aromatic nitrogens is 2. The van der Waals surface area contributed by atoms with Crippen LogP contribution in [-0.2, 0) is 4.74 Å². The zero-order valence-corrected chi connectivity index (χ0v) is 19.2. The topological polar surface area (TPSA) is 85.7 Å². The summed E-state index contributed by atoms with van der Waals surface area (Å²) in [4.78, 5) is 27.8. The van der Waals surface area contributed by atoms with Crippen LogP contribution in [-0.4, -0.2) is 60.5 Å². The maximum absolute atomic E-state index is 14.3. The van der Waals surface area contributed by atoms with Crippen molar-refractivity contribution in [3.8, 4) is 11.4 Å². The van der Waals surface area contributed by atoms with Gasteiger partial charge in [0, 0.05) is 31.4 Å². The van der Waals surface area contributed by atoms with Gasteiger partial charge in [-0.3, -0.25) is 14.5 Å². The van der Waals surface area contributed by atoms with Crippen LogP contribution < -0.4 is 15.5 Å². The van der Waals surface area contributed by atoms with Crippen LogP contribution in [0.3, 0.4) is 0 Å². The molecule has 0 spiro atoms. The standard InChI is InChI=1S/C25H27FN4O4/c1-17-15-23(31)24(28-30(17)21-6-4-3-5-20(21)26)25(32)27-16-22(29-11-13-34-14-12-29)18-7-9-19(33-2)10-8-18/h3-10,15,22H,11-14,16H2,1-2H3,(H,27,32)/t22-/m0/s1. The summed E-state index contributed by atoms with van der Waals surface area (Å²) in [6.07, 6.45) is 0. The van der Waals surface area contributed by atoms with Gasteiger partial charge in [-0.2, -0.15) is 5.10 Å². The molecule has 8 nitrogen and oxygen atoms in total. The molecule has 1 N–H and O–H groups in total. The number of morpholine rings is 1. The van der Waals surface area contributed by atoms with E-state index in [2.05, 4.69) is 15.3 Å². The van der Waals surface area contributed by atoms with Crippen molar-refractivity contribution in [1.82, 2.24) is 20.0 Å². The zero-order valence-electron chi connectivity index (χ0n) is 19.2. The SMILES string of the molecule is COc1ccc([C@H](CNC(=O)c2nn(-c3ccccc3F)c(C)cc2=O)N2CCOCC2)cc1. The quantitative estimate of drug-likeness (QED) is 0.576. The summed E-state index contributed by atoms with van der Waals surface area (Å²) in [5, 5.41) is 7.05. The molecule has 0 radical (unpaired) electrons. The lowest BCUT2D eigenvalue weighted by molar-refractivity contribution is 0.0162. The molecule has 1 amide bonds. The smallest absolute Gasteiger partial charge is 0.275 e. The molecule has 0 aliphatic carbocycles. The Bertz CT molecular complexity index is 1210. The summed E-state index contributed by atoms with van der Waals surface area (Å²) in [5.74, 6) is -0.368. The number of hydrogen-bond donors (Lipinski definition) is 1. The number of para-hydroxylation sites is 1. The van der Waals surface area contributed by atoms with Crippen molar-refractivity contribution in [2.24, 2.45) is 0 Å². The third kappa shape index (κ3) is 5.16. The number of aryl methyl sites for hydroxylation is 1.